The van der Waals surface area contributed by atoms with E-state index in [0.29, 0.717) is 24.7 Å². The minimum atomic E-state index is -0.145. The Morgan fingerprint density at radius 1 is 1.41 bits per heavy atom. The minimum Gasteiger partial charge on any atom is -0.381 e. The summed E-state index contributed by atoms with van der Waals surface area (Å²) in [7, 11) is 1.89. The van der Waals surface area contributed by atoms with Crippen molar-refractivity contribution < 1.29 is 9.53 Å². The molecule has 154 valence electrons. The van der Waals surface area contributed by atoms with Crippen LogP contribution in [0.1, 0.15) is 35.8 Å². The molecular formula is C22H29N5O2. The van der Waals surface area contributed by atoms with Crippen LogP contribution in [-0.2, 0) is 4.74 Å². The Hall–Kier alpha value is -2.77. The van der Waals surface area contributed by atoms with Crippen molar-refractivity contribution in [1.82, 2.24) is 20.8 Å². The Labute approximate surface area is 171 Å². The van der Waals surface area contributed by atoms with E-state index in [1.165, 1.54) is 0 Å². The third kappa shape index (κ3) is 5.40. The number of allylic oxidation sites excluding steroid dienone is 1. The average molecular weight is 396 g/mol. The molecule has 0 radical (unpaired) electrons. The number of hydrogen-bond acceptors (Lipinski definition) is 5. The molecule has 1 saturated heterocycles. The molecule has 29 heavy (non-hydrogen) atoms. The number of likely N-dealkylation sites (N-methyl/N-ethyl adjacent to an activating group) is 1. The number of hydrogen-bond donors (Lipinski definition) is 3. The molecule has 0 spiro atoms. The number of ether oxygens (including phenoxy) is 1. The molecule has 1 aliphatic heterocycles. The summed E-state index contributed by atoms with van der Waals surface area (Å²) in [6.07, 6.45) is 5.78. The van der Waals surface area contributed by atoms with Crippen LogP contribution in [0.2, 0.25) is 0 Å². The number of fused-ring (bicyclic) bond motifs is 1. The zero-order chi connectivity index (χ0) is 20.6. The fourth-order valence-corrected chi connectivity index (χ4v) is 3.52. The summed E-state index contributed by atoms with van der Waals surface area (Å²) in [6.45, 7) is 8.47. The van der Waals surface area contributed by atoms with E-state index in [-0.39, 0.29) is 5.91 Å². The van der Waals surface area contributed by atoms with Crippen LogP contribution in [-0.4, -0.2) is 56.2 Å². The molecule has 1 aliphatic rings. The Kier molecular flexibility index (Phi) is 7.32. The lowest BCUT2D eigenvalue weighted by Gasteiger charge is -2.21. The first-order chi connectivity index (χ1) is 14.1. The molecule has 7 nitrogen and oxygen atoms in total. The summed E-state index contributed by atoms with van der Waals surface area (Å²) in [6, 6.07) is 5.98. The van der Waals surface area contributed by atoms with Crippen molar-refractivity contribution in [3.05, 3.63) is 47.3 Å². The monoisotopic (exact) mass is 395 g/mol. The molecular weight excluding hydrogens is 366 g/mol. The van der Waals surface area contributed by atoms with E-state index in [0.717, 1.165) is 53.7 Å². The van der Waals surface area contributed by atoms with E-state index in [1.807, 2.05) is 32.2 Å². The van der Waals surface area contributed by atoms with E-state index in [2.05, 4.69) is 38.6 Å². The van der Waals surface area contributed by atoms with Gasteiger partial charge in [0.2, 0.25) is 0 Å². The topological polar surface area (TPSA) is 91.4 Å². The quantitative estimate of drug-likeness (QED) is 0.473. The summed E-state index contributed by atoms with van der Waals surface area (Å²) < 4.78 is 5.38. The van der Waals surface area contributed by atoms with Crippen LogP contribution in [0.3, 0.4) is 0 Å². The minimum absolute atomic E-state index is 0.145. The maximum Gasteiger partial charge on any atom is 0.272 e. The molecule has 1 aromatic heterocycles. The fraction of sp³-hybridized carbons (Fsp3) is 0.409. The lowest BCUT2D eigenvalue weighted by atomic mass is 10.00. The van der Waals surface area contributed by atoms with Crippen molar-refractivity contribution in [1.29, 1.82) is 0 Å². The molecule has 2 aromatic rings. The second-order valence-electron chi connectivity index (χ2n) is 7.34. The van der Waals surface area contributed by atoms with Crippen LogP contribution in [0.4, 0.5) is 0 Å². The van der Waals surface area contributed by atoms with Gasteiger partial charge >= 0.3 is 0 Å². The van der Waals surface area contributed by atoms with E-state index >= 15 is 0 Å². The normalized spacial score (nSPS) is 16.2. The van der Waals surface area contributed by atoms with Gasteiger partial charge in [-0.15, -0.1) is 0 Å². The Morgan fingerprint density at radius 3 is 2.93 bits per heavy atom. The number of rotatable bonds is 8. The Bertz CT molecular complexity index is 922. The van der Waals surface area contributed by atoms with E-state index in [9.17, 15) is 4.79 Å². The Morgan fingerprint density at radius 2 is 2.21 bits per heavy atom. The van der Waals surface area contributed by atoms with Crippen LogP contribution in [0.25, 0.3) is 16.5 Å². The number of nitrogens with zero attached hydrogens (tertiary/aromatic N) is 2. The van der Waals surface area contributed by atoms with Gasteiger partial charge in [-0.25, -0.2) is 0 Å². The highest BCUT2D eigenvalue weighted by Crippen LogP contribution is 2.23. The molecule has 1 aromatic carbocycles. The van der Waals surface area contributed by atoms with Gasteiger partial charge in [-0.3, -0.25) is 14.9 Å². The molecule has 1 amide bonds. The molecule has 0 saturated carbocycles. The summed E-state index contributed by atoms with van der Waals surface area (Å²) in [4.78, 5) is 16.6. The van der Waals surface area contributed by atoms with Gasteiger partial charge < -0.3 is 15.4 Å². The van der Waals surface area contributed by atoms with E-state index in [4.69, 9.17) is 4.74 Å². The van der Waals surface area contributed by atoms with Gasteiger partial charge in [-0.05, 0) is 68.3 Å². The molecule has 0 unspecified atom stereocenters. The van der Waals surface area contributed by atoms with Crippen molar-refractivity contribution in [3.8, 4) is 0 Å². The first kappa shape index (κ1) is 21.0. The molecule has 0 atom stereocenters. The molecule has 3 rings (SSSR count). The van der Waals surface area contributed by atoms with Gasteiger partial charge in [0, 0.05) is 37.9 Å². The SMILES string of the molecule is C=N/C=C(\C=C(/C)c1ccc2[nH]nc(C(=O)NCC3CCOCC3)c2c1)CNC. The van der Waals surface area contributed by atoms with Gasteiger partial charge in [0.15, 0.2) is 5.69 Å². The van der Waals surface area contributed by atoms with Gasteiger partial charge in [0.25, 0.3) is 5.91 Å². The zero-order valence-corrected chi connectivity index (χ0v) is 17.1. The Balaban J connectivity index is 1.79. The van der Waals surface area contributed by atoms with Crippen LogP contribution >= 0.6 is 0 Å². The number of carbonyl (C=O) groups excluding carboxylic acids is 1. The van der Waals surface area contributed by atoms with Gasteiger partial charge in [-0.1, -0.05) is 12.1 Å². The largest absolute Gasteiger partial charge is 0.381 e. The number of H-pyrrole nitrogens is 1. The standard InChI is InChI=1S/C22H29N5O2/c1-15(10-17(12-23-2)13-24-3)18-4-5-20-19(11-18)21(27-26-20)22(28)25-14-16-6-8-29-9-7-16/h4-5,10-12,16,24H,2,6-9,13-14H2,1,3H3,(H,25,28)(H,26,27)/b15-10+,17-12+. The number of aromatic nitrogens is 2. The van der Waals surface area contributed by atoms with E-state index in [1.54, 1.807) is 6.20 Å². The van der Waals surface area contributed by atoms with Gasteiger partial charge in [-0.2, -0.15) is 5.10 Å². The van der Waals surface area contributed by atoms with E-state index < -0.39 is 0 Å². The third-order valence-corrected chi connectivity index (χ3v) is 5.17. The highest BCUT2D eigenvalue weighted by molar-refractivity contribution is 6.05. The highest BCUT2D eigenvalue weighted by Gasteiger charge is 2.18. The molecule has 3 N–H and O–H groups in total. The van der Waals surface area contributed by atoms with Gasteiger partial charge in [0.1, 0.15) is 0 Å². The molecule has 0 aliphatic carbocycles. The lowest BCUT2D eigenvalue weighted by Crippen LogP contribution is -2.32. The van der Waals surface area contributed by atoms with Crippen molar-refractivity contribution in [2.75, 3.05) is 33.4 Å². The second kappa shape index (κ2) is 10.1. The predicted octanol–water partition coefficient (Wildman–Crippen LogP) is 2.93. The van der Waals surface area contributed by atoms with Crippen molar-refractivity contribution in [3.63, 3.8) is 0 Å². The zero-order valence-electron chi connectivity index (χ0n) is 17.1. The lowest BCUT2D eigenvalue weighted by molar-refractivity contribution is 0.0642. The number of nitrogens with one attached hydrogen (secondary N) is 3. The first-order valence-electron chi connectivity index (χ1n) is 9.94. The number of benzene rings is 1. The van der Waals surface area contributed by atoms with Crippen LogP contribution in [0.5, 0.6) is 0 Å². The molecule has 1 fully saturated rings. The highest BCUT2D eigenvalue weighted by atomic mass is 16.5. The third-order valence-electron chi connectivity index (χ3n) is 5.17. The summed E-state index contributed by atoms with van der Waals surface area (Å²) in [5, 5.41) is 14.2. The van der Waals surface area contributed by atoms with Crippen molar-refractivity contribution in [2.24, 2.45) is 10.9 Å². The van der Waals surface area contributed by atoms with Crippen molar-refractivity contribution >= 4 is 29.1 Å². The summed E-state index contributed by atoms with van der Waals surface area (Å²) in [5.74, 6) is 0.322. The summed E-state index contributed by atoms with van der Waals surface area (Å²) in [5.41, 5.74) is 4.41. The average Bonchev–Trinajstić information content (AvgIpc) is 3.16. The number of amides is 1. The second-order valence-corrected chi connectivity index (χ2v) is 7.34. The van der Waals surface area contributed by atoms with Crippen molar-refractivity contribution in [2.45, 2.75) is 19.8 Å². The number of aromatic amines is 1. The molecule has 2 heterocycles. The van der Waals surface area contributed by atoms with Gasteiger partial charge in [0.05, 0.1) is 5.52 Å². The smallest absolute Gasteiger partial charge is 0.272 e. The van der Waals surface area contributed by atoms with Crippen LogP contribution in [0, 0.1) is 5.92 Å². The first-order valence-corrected chi connectivity index (χ1v) is 9.94. The molecule has 0 bridgehead atoms. The number of aliphatic imine (C=N–C) groups is 1. The summed E-state index contributed by atoms with van der Waals surface area (Å²) >= 11 is 0. The maximum absolute atomic E-state index is 12.7. The predicted molar refractivity (Wildman–Crippen MR) is 117 cm³/mol. The fourth-order valence-electron chi connectivity index (χ4n) is 3.52. The van der Waals surface area contributed by atoms with Crippen LogP contribution in [0.15, 0.2) is 41.0 Å². The number of carbonyl (C=O) groups is 1. The maximum atomic E-state index is 12.7. The van der Waals surface area contributed by atoms with Crippen LogP contribution < -0.4 is 10.6 Å². The molecule has 7 heteroatoms.